The lowest BCUT2D eigenvalue weighted by atomic mass is 9.85. The second-order valence-electron chi connectivity index (χ2n) is 1.99. The third-order valence-corrected chi connectivity index (χ3v) is 0.942. The van der Waals surface area contributed by atoms with Gasteiger partial charge in [0.25, 0.3) is 0 Å². The van der Waals surface area contributed by atoms with Crippen LogP contribution in [0.15, 0.2) is 12.3 Å². The maximum atomic E-state index is 8.43. The molecule has 0 saturated carbocycles. The molecular formula is C5H13BN2O2. The maximum absolute atomic E-state index is 8.43. The van der Waals surface area contributed by atoms with Gasteiger partial charge >= 0.3 is 7.12 Å². The van der Waals surface area contributed by atoms with Crippen molar-refractivity contribution in [3.63, 3.8) is 0 Å². The quantitative estimate of drug-likeness (QED) is 0.297. The molecule has 0 radical (unpaired) electrons. The molecule has 1 unspecified atom stereocenters. The molecule has 0 aliphatic carbocycles. The van der Waals surface area contributed by atoms with Gasteiger partial charge in [-0.15, -0.1) is 0 Å². The molecular weight excluding hydrogens is 131 g/mol. The average molecular weight is 144 g/mol. The molecule has 0 bridgehead atoms. The molecule has 10 heavy (non-hydrogen) atoms. The monoisotopic (exact) mass is 144 g/mol. The van der Waals surface area contributed by atoms with Crippen molar-refractivity contribution in [2.45, 2.75) is 19.4 Å². The van der Waals surface area contributed by atoms with Crippen LogP contribution in [-0.2, 0) is 0 Å². The summed E-state index contributed by atoms with van der Waals surface area (Å²) in [7, 11) is -1.34. The third kappa shape index (κ3) is 5.62. The first-order valence-corrected chi connectivity index (χ1v) is 3.15. The van der Waals surface area contributed by atoms with Gasteiger partial charge in [-0.05, 0) is 13.1 Å². The highest BCUT2D eigenvalue weighted by molar-refractivity contribution is 6.41. The third-order valence-electron chi connectivity index (χ3n) is 0.942. The molecule has 0 heterocycles. The predicted molar refractivity (Wildman–Crippen MR) is 40.9 cm³/mol. The molecule has 0 aromatic rings. The molecule has 5 heteroatoms. The fourth-order valence-corrected chi connectivity index (χ4v) is 0.515. The van der Waals surface area contributed by atoms with Gasteiger partial charge in [-0.3, -0.25) is 0 Å². The summed E-state index contributed by atoms with van der Waals surface area (Å²) in [5.74, 6) is 0. The van der Waals surface area contributed by atoms with E-state index in [4.69, 9.17) is 15.8 Å². The zero-order valence-electron chi connectivity index (χ0n) is 5.99. The van der Waals surface area contributed by atoms with Gasteiger partial charge in [-0.25, -0.2) is 0 Å². The molecule has 0 fully saturated rings. The highest BCUT2D eigenvalue weighted by Crippen LogP contribution is 1.86. The van der Waals surface area contributed by atoms with Gasteiger partial charge in [-0.2, -0.15) is 0 Å². The topological polar surface area (TPSA) is 78.5 Å². The summed E-state index contributed by atoms with van der Waals surface area (Å²) in [6.45, 7) is 1.84. The fraction of sp³-hybridized carbons (Fsp3) is 0.600. The lowest BCUT2D eigenvalue weighted by Gasteiger charge is -2.09. The van der Waals surface area contributed by atoms with E-state index < -0.39 is 13.3 Å². The largest absolute Gasteiger partial charge is 0.454 e. The van der Waals surface area contributed by atoms with Crippen molar-refractivity contribution in [2.75, 3.05) is 0 Å². The van der Waals surface area contributed by atoms with E-state index in [0.717, 1.165) is 0 Å². The van der Waals surface area contributed by atoms with Gasteiger partial charge in [0.2, 0.25) is 0 Å². The van der Waals surface area contributed by atoms with Crippen molar-refractivity contribution >= 4 is 7.12 Å². The first kappa shape index (κ1) is 9.48. The molecule has 1 atom stereocenters. The molecule has 0 amide bonds. The van der Waals surface area contributed by atoms with Gasteiger partial charge < -0.3 is 21.1 Å². The summed E-state index contributed by atoms with van der Waals surface area (Å²) in [5, 5.41) is 19.6. The first-order chi connectivity index (χ1) is 4.66. The molecule has 5 N–H and O–H groups in total. The normalized spacial score (nSPS) is 13.6. The van der Waals surface area contributed by atoms with Crippen LogP contribution in [0.5, 0.6) is 0 Å². The number of hydrogen-bond donors (Lipinski definition) is 4. The van der Waals surface area contributed by atoms with Crippen molar-refractivity contribution in [1.82, 2.24) is 5.32 Å². The Kier molecular flexibility index (Phi) is 5.01. The molecule has 0 aliphatic heterocycles. The van der Waals surface area contributed by atoms with E-state index in [0.29, 0.717) is 0 Å². The molecule has 0 spiro atoms. The van der Waals surface area contributed by atoms with Crippen molar-refractivity contribution in [3.8, 4) is 0 Å². The van der Waals surface area contributed by atoms with Crippen LogP contribution < -0.4 is 11.1 Å². The standard InChI is InChI=1S/C5H13BN2O2/c1-2-3-8-5(7)4-6(9)10/h2-3,5,8-10H,4,7H2,1H3/b3-2-. The Hall–Kier alpha value is -0.515. The minimum absolute atomic E-state index is 0.129. The van der Waals surface area contributed by atoms with Crippen LogP contribution in [-0.4, -0.2) is 23.3 Å². The Balaban J connectivity index is 3.33. The van der Waals surface area contributed by atoms with Crippen LogP contribution in [0.25, 0.3) is 0 Å². The van der Waals surface area contributed by atoms with Crippen LogP contribution in [0, 0.1) is 0 Å². The van der Waals surface area contributed by atoms with Crippen LogP contribution in [0.4, 0.5) is 0 Å². The molecule has 0 aromatic heterocycles. The molecule has 0 rings (SSSR count). The summed E-state index contributed by atoms with van der Waals surface area (Å²) in [6, 6.07) is 0. The van der Waals surface area contributed by atoms with E-state index in [-0.39, 0.29) is 6.32 Å². The van der Waals surface area contributed by atoms with Crippen molar-refractivity contribution in [3.05, 3.63) is 12.3 Å². The highest BCUT2D eigenvalue weighted by Gasteiger charge is 2.10. The first-order valence-electron chi connectivity index (χ1n) is 3.15. The lowest BCUT2D eigenvalue weighted by Crippen LogP contribution is -2.37. The Morgan fingerprint density at radius 2 is 2.30 bits per heavy atom. The van der Waals surface area contributed by atoms with Crippen LogP contribution in [0.3, 0.4) is 0 Å². The van der Waals surface area contributed by atoms with E-state index in [9.17, 15) is 0 Å². The van der Waals surface area contributed by atoms with Crippen molar-refractivity contribution < 1.29 is 10.0 Å². The zero-order chi connectivity index (χ0) is 7.98. The molecule has 4 nitrogen and oxygen atoms in total. The summed E-state index contributed by atoms with van der Waals surface area (Å²) in [6.07, 6.45) is 3.18. The number of nitrogens with two attached hydrogens (primary N) is 1. The highest BCUT2D eigenvalue weighted by atomic mass is 16.4. The van der Waals surface area contributed by atoms with E-state index >= 15 is 0 Å². The number of nitrogens with one attached hydrogen (secondary N) is 1. The Morgan fingerprint density at radius 3 is 2.70 bits per heavy atom. The lowest BCUT2D eigenvalue weighted by molar-refractivity contribution is 0.395. The fourth-order valence-electron chi connectivity index (χ4n) is 0.515. The number of allylic oxidation sites excluding steroid dienone is 1. The SMILES string of the molecule is C/C=C\NC(N)CB(O)O. The number of hydrogen-bond acceptors (Lipinski definition) is 4. The summed E-state index contributed by atoms with van der Waals surface area (Å²) < 4.78 is 0. The van der Waals surface area contributed by atoms with Crippen molar-refractivity contribution in [2.24, 2.45) is 5.73 Å². The second-order valence-corrected chi connectivity index (χ2v) is 1.99. The Labute approximate surface area is 60.9 Å². The molecule has 0 saturated heterocycles. The van der Waals surface area contributed by atoms with Gasteiger partial charge in [-0.1, -0.05) is 6.08 Å². The van der Waals surface area contributed by atoms with E-state index in [1.54, 1.807) is 12.3 Å². The Morgan fingerprint density at radius 1 is 1.70 bits per heavy atom. The predicted octanol–water partition coefficient (Wildman–Crippen LogP) is -1.13. The van der Waals surface area contributed by atoms with Crippen LogP contribution >= 0.6 is 0 Å². The number of rotatable bonds is 4. The summed E-state index contributed by atoms with van der Waals surface area (Å²) >= 11 is 0. The average Bonchev–Trinajstić information content (AvgIpc) is 1.82. The van der Waals surface area contributed by atoms with Crippen LogP contribution in [0.1, 0.15) is 6.92 Å². The minimum atomic E-state index is -1.34. The van der Waals surface area contributed by atoms with E-state index in [2.05, 4.69) is 5.32 Å². The zero-order valence-corrected chi connectivity index (χ0v) is 5.99. The van der Waals surface area contributed by atoms with E-state index in [1.807, 2.05) is 6.92 Å². The van der Waals surface area contributed by atoms with Gasteiger partial charge in [0.1, 0.15) is 0 Å². The summed E-state index contributed by atoms with van der Waals surface area (Å²) in [5.41, 5.74) is 5.38. The summed E-state index contributed by atoms with van der Waals surface area (Å²) in [4.78, 5) is 0. The molecule has 58 valence electrons. The van der Waals surface area contributed by atoms with Gasteiger partial charge in [0.05, 0.1) is 6.17 Å². The van der Waals surface area contributed by atoms with Gasteiger partial charge in [0.15, 0.2) is 0 Å². The van der Waals surface area contributed by atoms with E-state index in [1.165, 1.54) is 0 Å². The minimum Gasteiger partial charge on any atom is -0.427 e. The van der Waals surface area contributed by atoms with Gasteiger partial charge in [0, 0.05) is 6.32 Å². The Bertz CT molecular complexity index is 108. The van der Waals surface area contributed by atoms with Crippen LogP contribution in [0.2, 0.25) is 6.32 Å². The molecule has 0 aliphatic rings. The maximum Gasteiger partial charge on any atom is 0.454 e. The second kappa shape index (κ2) is 5.28. The van der Waals surface area contributed by atoms with Crippen molar-refractivity contribution in [1.29, 1.82) is 0 Å². The molecule has 0 aromatic carbocycles. The smallest absolute Gasteiger partial charge is 0.427 e.